The number of rotatable bonds is 5. The molecule has 2 unspecified atom stereocenters. The predicted octanol–water partition coefficient (Wildman–Crippen LogP) is 5.66. The van der Waals surface area contributed by atoms with Gasteiger partial charge in [0.25, 0.3) is 0 Å². The number of nitrogens with zero attached hydrogens (tertiary/aromatic N) is 3. The number of carbonyl (C=O) groups is 1. The van der Waals surface area contributed by atoms with Gasteiger partial charge in [-0.1, -0.05) is 67.8 Å². The molecule has 2 aliphatic carbocycles. The van der Waals surface area contributed by atoms with Crippen molar-refractivity contribution in [2.75, 3.05) is 6.54 Å². The molecule has 1 N–H and O–H groups in total. The topological polar surface area (TPSA) is 58.4 Å². The molecule has 2 aromatic rings. The van der Waals surface area contributed by atoms with Crippen LogP contribution in [-0.4, -0.2) is 37.7 Å². The molecule has 5 rings (SSSR count). The average molecular weight is 404 g/mol. The Morgan fingerprint density at radius 1 is 1.20 bits per heavy atom. The highest BCUT2D eigenvalue weighted by molar-refractivity contribution is 5.69. The molecule has 1 fully saturated rings. The number of carboxylic acid groups (broad SMARTS) is 1. The summed E-state index contributed by atoms with van der Waals surface area (Å²) in [6.45, 7) is 0.515. The van der Waals surface area contributed by atoms with E-state index in [1.54, 1.807) is 4.90 Å². The minimum absolute atomic E-state index is 0.132. The highest BCUT2D eigenvalue weighted by Crippen LogP contribution is 2.44. The fourth-order valence-electron chi connectivity index (χ4n) is 5.91. The van der Waals surface area contributed by atoms with Gasteiger partial charge in [-0.3, -0.25) is 4.90 Å². The van der Waals surface area contributed by atoms with Gasteiger partial charge in [0, 0.05) is 12.1 Å². The molecule has 156 valence electrons. The van der Waals surface area contributed by atoms with Gasteiger partial charge in [-0.05, 0) is 37.2 Å². The summed E-state index contributed by atoms with van der Waals surface area (Å²) in [5, 5.41) is 10.3. The summed E-state index contributed by atoms with van der Waals surface area (Å²) in [5.74, 6) is 0.392. The molecule has 2 heterocycles. The molecule has 1 aromatic carbocycles. The lowest BCUT2D eigenvalue weighted by atomic mass is 9.70. The molecule has 0 saturated heterocycles. The Kier molecular flexibility index (Phi) is 4.97. The van der Waals surface area contributed by atoms with E-state index in [1.165, 1.54) is 30.4 Å². The Morgan fingerprint density at radius 3 is 2.80 bits per heavy atom. The molecule has 1 amide bonds. The minimum Gasteiger partial charge on any atom is -0.465 e. The van der Waals surface area contributed by atoms with E-state index in [1.807, 2.05) is 24.7 Å². The molecule has 1 aromatic heterocycles. The molecule has 1 saturated carbocycles. The van der Waals surface area contributed by atoms with E-state index in [9.17, 15) is 9.90 Å². The summed E-state index contributed by atoms with van der Waals surface area (Å²) in [6.07, 6.45) is 18.8. The summed E-state index contributed by atoms with van der Waals surface area (Å²) < 4.78 is 2.20. The molecule has 0 spiro atoms. The van der Waals surface area contributed by atoms with Crippen LogP contribution in [0.15, 0.2) is 61.1 Å². The van der Waals surface area contributed by atoms with Crippen molar-refractivity contribution in [2.24, 2.45) is 5.92 Å². The third-order valence-electron chi connectivity index (χ3n) is 7.35. The number of benzene rings is 1. The molecular formula is C25H29N3O2. The molecule has 30 heavy (non-hydrogen) atoms. The second-order valence-corrected chi connectivity index (χ2v) is 8.83. The zero-order valence-electron chi connectivity index (χ0n) is 17.3. The quantitative estimate of drug-likeness (QED) is 0.701. The Balaban J connectivity index is 1.44. The molecule has 0 radical (unpaired) electrons. The van der Waals surface area contributed by atoms with Crippen molar-refractivity contribution in [2.45, 2.75) is 56.5 Å². The highest BCUT2D eigenvalue weighted by Gasteiger charge is 2.44. The van der Waals surface area contributed by atoms with Crippen LogP contribution >= 0.6 is 0 Å². The maximum absolute atomic E-state index is 12.5. The summed E-state index contributed by atoms with van der Waals surface area (Å²) in [5.41, 5.74) is 3.19. The third-order valence-corrected chi connectivity index (χ3v) is 7.35. The van der Waals surface area contributed by atoms with Crippen LogP contribution in [0.1, 0.15) is 56.6 Å². The van der Waals surface area contributed by atoms with E-state index in [-0.39, 0.29) is 6.04 Å². The summed E-state index contributed by atoms with van der Waals surface area (Å²) in [7, 11) is 0. The Hall–Kier alpha value is -2.82. The minimum atomic E-state index is -0.808. The standard InChI is InChI=1S/C25H29N3O2/c29-24(30)28(25(14-7-2-8-15-25)19-9-3-1-4-10-19)16-13-22-20-11-5-6-12-21(20)23-17-26-18-27(22)23/h2,5-8,11-12,14,17-19,22H,1,3-4,9-10,13,15-16H2,(H,29,30). The Bertz CT molecular complexity index is 986. The van der Waals surface area contributed by atoms with Crippen molar-refractivity contribution < 1.29 is 9.90 Å². The number of fused-ring (bicyclic) bond motifs is 3. The molecule has 2 atom stereocenters. The first-order chi connectivity index (χ1) is 14.7. The van der Waals surface area contributed by atoms with Gasteiger partial charge in [0.1, 0.15) is 0 Å². The van der Waals surface area contributed by atoms with E-state index in [4.69, 9.17) is 0 Å². The van der Waals surface area contributed by atoms with Gasteiger partial charge in [0.15, 0.2) is 0 Å². The fraction of sp³-hybridized carbons (Fsp3) is 0.440. The monoisotopic (exact) mass is 403 g/mol. The molecular weight excluding hydrogens is 374 g/mol. The maximum Gasteiger partial charge on any atom is 0.408 e. The normalized spacial score (nSPS) is 25.1. The second kappa shape index (κ2) is 7.78. The largest absolute Gasteiger partial charge is 0.465 e. The van der Waals surface area contributed by atoms with Crippen LogP contribution in [0.3, 0.4) is 0 Å². The zero-order chi connectivity index (χ0) is 20.6. The van der Waals surface area contributed by atoms with Gasteiger partial charge in [0.2, 0.25) is 0 Å². The van der Waals surface area contributed by atoms with E-state index in [2.05, 4.69) is 46.0 Å². The molecule has 1 aliphatic heterocycles. The van der Waals surface area contributed by atoms with Crippen molar-refractivity contribution in [1.29, 1.82) is 0 Å². The molecule has 5 nitrogen and oxygen atoms in total. The fourth-order valence-corrected chi connectivity index (χ4v) is 5.91. The number of hydrogen-bond donors (Lipinski definition) is 1. The lowest BCUT2D eigenvalue weighted by Gasteiger charge is -2.48. The van der Waals surface area contributed by atoms with Gasteiger partial charge < -0.3 is 9.67 Å². The van der Waals surface area contributed by atoms with E-state index in [0.717, 1.165) is 31.4 Å². The zero-order valence-corrected chi connectivity index (χ0v) is 17.3. The average Bonchev–Trinajstić information content (AvgIpc) is 3.37. The lowest BCUT2D eigenvalue weighted by Crippen LogP contribution is -2.56. The van der Waals surface area contributed by atoms with Crippen LogP contribution in [-0.2, 0) is 0 Å². The van der Waals surface area contributed by atoms with Gasteiger partial charge in [0.05, 0.1) is 29.8 Å². The SMILES string of the molecule is O=C(O)N(CCC1c2ccccc2-c2cncn21)C1(C2CCCCC2)C=CC=CC1. The van der Waals surface area contributed by atoms with E-state index >= 15 is 0 Å². The Morgan fingerprint density at radius 2 is 2.03 bits per heavy atom. The number of aromatic nitrogens is 2. The first kappa shape index (κ1) is 19.2. The second-order valence-electron chi connectivity index (χ2n) is 8.83. The van der Waals surface area contributed by atoms with Crippen molar-refractivity contribution in [3.8, 4) is 11.3 Å². The van der Waals surface area contributed by atoms with Gasteiger partial charge in [-0.15, -0.1) is 0 Å². The van der Waals surface area contributed by atoms with Crippen LogP contribution in [0.5, 0.6) is 0 Å². The van der Waals surface area contributed by atoms with Gasteiger partial charge in [-0.2, -0.15) is 0 Å². The molecule has 0 bridgehead atoms. The first-order valence-electron chi connectivity index (χ1n) is 11.2. The van der Waals surface area contributed by atoms with Crippen LogP contribution in [0, 0.1) is 5.92 Å². The maximum atomic E-state index is 12.5. The van der Waals surface area contributed by atoms with E-state index in [0.29, 0.717) is 12.5 Å². The van der Waals surface area contributed by atoms with Crippen LogP contribution in [0.2, 0.25) is 0 Å². The van der Waals surface area contributed by atoms with Crippen molar-refractivity contribution in [3.05, 3.63) is 66.7 Å². The van der Waals surface area contributed by atoms with Crippen molar-refractivity contribution >= 4 is 6.09 Å². The van der Waals surface area contributed by atoms with Crippen LogP contribution in [0.4, 0.5) is 4.79 Å². The number of amides is 1. The van der Waals surface area contributed by atoms with Crippen LogP contribution < -0.4 is 0 Å². The smallest absolute Gasteiger partial charge is 0.408 e. The summed E-state index contributed by atoms with van der Waals surface area (Å²) in [6, 6.07) is 8.55. The summed E-state index contributed by atoms with van der Waals surface area (Å²) in [4.78, 5) is 18.6. The number of allylic oxidation sites excluding steroid dienone is 2. The summed E-state index contributed by atoms with van der Waals surface area (Å²) >= 11 is 0. The third kappa shape index (κ3) is 3.08. The number of imidazole rings is 1. The lowest BCUT2D eigenvalue weighted by molar-refractivity contribution is 0.0498. The predicted molar refractivity (Wildman–Crippen MR) is 117 cm³/mol. The van der Waals surface area contributed by atoms with Crippen molar-refractivity contribution in [1.82, 2.24) is 14.5 Å². The number of hydrogen-bond acceptors (Lipinski definition) is 2. The highest BCUT2D eigenvalue weighted by atomic mass is 16.4. The van der Waals surface area contributed by atoms with Crippen molar-refractivity contribution in [3.63, 3.8) is 0 Å². The first-order valence-corrected chi connectivity index (χ1v) is 11.2. The molecule has 5 heteroatoms. The van der Waals surface area contributed by atoms with Gasteiger partial charge in [-0.25, -0.2) is 9.78 Å². The van der Waals surface area contributed by atoms with E-state index < -0.39 is 11.6 Å². The Labute approximate surface area is 177 Å². The van der Waals surface area contributed by atoms with Crippen LogP contribution in [0.25, 0.3) is 11.3 Å². The van der Waals surface area contributed by atoms with Gasteiger partial charge >= 0.3 is 6.09 Å². The molecule has 3 aliphatic rings.